The third kappa shape index (κ3) is 7.43. The van der Waals surface area contributed by atoms with E-state index in [2.05, 4.69) is 285 Å². The summed E-state index contributed by atoms with van der Waals surface area (Å²) >= 11 is 0. The normalized spacial score (nSPS) is 12.9. The molecule has 0 bridgehead atoms. The Bertz CT molecular complexity index is 4420. The van der Waals surface area contributed by atoms with Gasteiger partial charge >= 0.3 is 0 Å². The molecule has 4 nitrogen and oxygen atoms in total. The van der Waals surface area contributed by atoms with Crippen molar-refractivity contribution >= 4 is 101 Å². The fourth-order valence-electron chi connectivity index (χ4n) is 13.2. The number of rotatable bonds is 9. The Labute approximate surface area is 462 Å². The summed E-state index contributed by atoms with van der Waals surface area (Å²) in [4.78, 5) is 5.35. The predicted octanol–water partition coefficient (Wildman–Crippen LogP) is 18.4. The van der Waals surface area contributed by atoms with Crippen molar-refractivity contribution in [3.63, 3.8) is 0 Å². The molecule has 11 aromatic carbocycles. The van der Waals surface area contributed by atoms with Crippen LogP contribution in [0.2, 0.25) is 0 Å². The van der Waals surface area contributed by atoms with Crippen molar-refractivity contribution in [3.8, 4) is 39.1 Å². The van der Waals surface area contributed by atoms with Crippen molar-refractivity contribution in [2.45, 2.75) is 52.4 Å². The van der Waals surface area contributed by atoms with Gasteiger partial charge in [0.15, 0.2) is 0 Å². The van der Waals surface area contributed by atoms with Gasteiger partial charge < -0.3 is 18.8 Å². The third-order valence-electron chi connectivity index (χ3n) is 16.9. The van der Waals surface area contributed by atoms with Crippen molar-refractivity contribution in [2.24, 2.45) is 0 Å². The Morgan fingerprint density at radius 2 is 1.01 bits per heavy atom. The molecule has 2 aliphatic heterocycles. The van der Waals surface area contributed by atoms with Crippen LogP contribution in [0.4, 0.5) is 34.1 Å². The summed E-state index contributed by atoms with van der Waals surface area (Å²) in [5, 5.41) is 4.77. The van der Waals surface area contributed by atoms with Gasteiger partial charge in [0, 0.05) is 55.7 Å². The van der Waals surface area contributed by atoms with Crippen LogP contribution in [0.5, 0.6) is 0 Å². The highest BCUT2D eigenvalue weighted by atomic mass is 16.3. The molecule has 79 heavy (non-hydrogen) atoms. The number of fused-ring (bicyclic) bond motifs is 10. The molecule has 15 rings (SSSR count). The maximum atomic E-state index is 6.84. The van der Waals surface area contributed by atoms with Gasteiger partial charge in [-0.25, -0.2) is 0 Å². The van der Waals surface area contributed by atoms with E-state index in [-0.39, 0.29) is 12.1 Å². The standard InChI is InChI=1S/C74H58BN3O/c1-5-6-23-51-39-43-69-70(59-32-18-21-37-68(59)79-69)72(51)77-64-42-38-52(48-24-10-7-11-25-48)44-61(64)75-60-41-40-54(76-62-35-19-16-30-57(62)58-31-17-20-36-63(58)76)47-65(60)78(67-46-53(74(2,3)4)45-66(77)71(67)75)73-55(49-26-12-8-13-27-49)33-22-34-56(73)50-28-14-9-15-29-50/h7-22,24-47H,5-6,23H2,1-4H3. The van der Waals surface area contributed by atoms with E-state index >= 15 is 0 Å². The van der Waals surface area contributed by atoms with Gasteiger partial charge in [0.1, 0.15) is 11.2 Å². The van der Waals surface area contributed by atoms with Crippen LogP contribution in [0, 0.1) is 0 Å². The zero-order chi connectivity index (χ0) is 52.9. The molecule has 0 fully saturated rings. The quantitative estimate of drug-likeness (QED) is 0.135. The minimum Gasteiger partial charge on any atom is -0.456 e. The van der Waals surface area contributed by atoms with Crippen molar-refractivity contribution < 1.29 is 4.42 Å². The van der Waals surface area contributed by atoms with E-state index in [1.807, 2.05) is 0 Å². The lowest BCUT2D eigenvalue weighted by Crippen LogP contribution is -2.61. The molecule has 0 atom stereocenters. The summed E-state index contributed by atoms with van der Waals surface area (Å²) in [6.07, 6.45) is 3.09. The van der Waals surface area contributed by atoms with E-state index in [4.69, 9.17) is 4.42 Å². The Morgan fingerprint density at radius 3 is 1.65 bits per heavy atom. The number of para-hydroxylation sites is 4. The summed E-state index contributed by atoms with van der Waals surface area (Å²) in [6.45, 7) is 9.28. The summed E-state index contributed by atoms with van der Waals surface area (Å²) in [7, 11) is 0. The topological polar surface area (TPSA) is 24.6 Å². The molecule has 0 unspecified atom stereocenters. The predicted molar refractivity (Wildman–Crippen MR) is 336 cm³/mol. The van der Waals surface area contributed by atoms with E-state index in [9.17, 15) is 0 Å². The number of hydrogen-bond donors (Lipinski definition) is 0. The first-order valence-corrected chi connectivity index (χ1v) is 28.1. The van der Waals surface area contributed by atoms with Gasteiger partial charge in [-0.2, -0.15) is 0 Å². The molecule has 0 spiro atoms. The van der Waals surface area contributed by atoms with Gasteiger partial charge in [0.25, 0.3) is 6.71 Å². The zero-order valence-corrected chi connectivity index (χ0v) is 45.0. The fourth-order valence-corrected chi connectivity index (χ4v) is 13.2. The molecule has 2 aliphatic rings. The molecule has 13 aromatic rings. The number of nitrogens with zero attached hydrogens (tertiary/aromatic N) is 3. The summed E-state index contributed by atoms with van der Waals surface area (Å²) in [5.41, 5.74) is 25.6. The average Bonchev–Trinajstić information content (AvgIpc) is 3.52. The zero-order valence-electron chi connectivity index (χ0n) is 45.0. The number of unbranched alkanes of at least 4 members (excludes halogenated alkanes) is 1. The molecular weight excluding hydrogens is 958 g/mol. The minimum absolute atomic E-state index is 0.143. The first kappa shape index (κ1) is 46.9. The number of anilines is 6. The van der Waals surface area contributed by atoms with Gasteiger partial charge in [-0.3, -0.25) is 0 Å². The van der Waals surface area contributed by atoms with Crippen LogP contribution in [-0.4, -0.2) is 11.3 Å². The number of hydrogen-bond acceptors (Lipinski definition) is 3. The number of benzene rings is 11. The molecular formula is C74H58BN3O. The van der Waals surface area contributed by atoms with Crippen LogP contribution in [0.1, 0.15) is 51.7 Å². The second kappa shape index (κ2) is 18.4. The molecule has 0 amide bonds. The lowest BCUT2D eigenvalue weighted by atomic mass is 9.33. The molecule has 0 radical (unpaired) electrons. The highest BCUT2D eigenvalue weighted by Crippen LogP contribution is 2.53. The second-order valence-electron chi connectivity index (χ2n) is 22.6. The van der Waals surface area contributed by atoms with Crippen LogP contribution in [0.15, 0.2) is 247 Å². The lowest BCUT2D eigenvalue weighted by molar-refractivity contribution is 0.590. The SMILES string of the molecule is CCCCc1ccc2oc3ccccc3c2c1N1c2ccc(-c3ccccc3)cc2B2c3ccc(-n4c5ccccc5c5ccccc54)cc3N(c3c(-c4ccccc4)cccc3-c3ccccc3)c3cc(C(C)(C)C)cc1c32. The van der Waals surface area contributed by atoms with Crippen LogP contribution >= 0.6 is 0 Å². The highest BCUT2D eigenvalue weighted by molar-refractivity contribution is 7.00. The van der Waals surface area contributed by atoms with E-state index in [1.54, 1.807) is 0 Å². The van der Waals surface area contributed by atoms with Crippen molar-refractivity contribution in [2.75, 3.05) is 9.80 Å². The van der Waals surface area contributed by atoms with Crippen molar-refractivity contribution in [1.82, 2.24) is 4.57 Å². The molecule has 2 aromatic heterocycles. The van der Waals surface area contributed by atoms with E-state index in [1.165, 1.54) is 94.3 Å². The number of furan rings is 1. The van der Waals surface area contributed by atoms with Crippen LogP contribution in [-0.2, 0) is 11.8 Å². The smallest absolute Gasteiger partial charge is 0.252 e. The second-order valence-corrected chi connectivity index (χ2v) is 22.6. The first-order valence-electron chi connectivity index (χ1n) is 28.1. The summed E-state index contributed by atoms with van der Waals surface area (Å²) in [5.74, 6) is 0. The molecule has 0 saturated heterocycles. The molecule has 4 heterocycles. The van der Waals surface area contributed by atoms with Gasteiger partial charge in [0.2, 0.25) is 0 Å². The number of aryl methyl sites for hydroxylation is 1. The lowest BCUT2D eigenvalue weighted by Gasteiger charge is -2.46. The van der Waals surface area contributed by atoms with Crippen molar-refractivity contribution in [1.29, 1.82) is 0 Å². The molecule has 378 valence electrons. The van der Waals surface area contributed by atoms with Gasteiger partial charge in [-0.05, 0) is 123 Å². The van der Waals surface area contributed by atoms with Crippen LogP contribution in [0.3, 0.4) is 0 Å². The maximum absolute atomic E-state index is 6.84. The van der Waals surface area contributed by atoms with Crippen molar-refractivity contribution in [3.05, 3.63) is 254 Å². The van der Waals surface area contributed by atoms with E-state index in [0.29, 0.717) is 0 Å². The van der Waals surface area contributed by atoms with Crippen LogP contribution < -0.4 is 26.2 Å². The highest BCUT2D eigenvalue weighted by Gasteiger charge is 2.46. The van der Waals surface area contributed by atoms with E-state index < -0.39 is 0 Å². The van der Waals surface area contributed by atoms with Gasteiger partial charge in [0.05, 0.1) is 27.8 Å². The van der Waals surface area contributed by atoms with E-state index in [0.717, 1.165) is 69.4 Å². The largest absolute Gasteiger partial charge is 0.456 e. The Kier molecular flexibility index (Phi) is 10.9. The van der Waals surface area contributed by atoms with Crippen LogP contribution in [0.25, 0.3) is 82.8 Å². The molecule has 5 heteroatoms. The Balaban J connectivity index is 1.12. The molecule has 0 N–H and O–H groups in total. The first-order chi connectivity index (χ1) is 38.8. The Morgan fingerprint density at radius 1 is 0.430 bits per heavy atom. The maximum Gasteiger partial charge on any atom is 0.252 e. The Hall–Kier alpha value is -9.32. The minimum atomic E-state index is -0.235. The van der Waals surface area contributed by atoms with Gasteiger partial charge in [-0.15, -0.1) is 0 Å². The fraction of sp³-hybridized carbons (Fsp3) is 0.108. The summed E-state index contributed by atoms with van der Waals surface area (Å²) < 4.78 is 9.32. The van der Waals surface area contributed by atoms with Gasteiger partial charge in [-0.1, -0.05) is 222 Å². The third-order valence-corrected chi connectivity index (χ3v) is 16.9. The summed E-state index contributed by atoms with van der Waals surface area (Å²) in [6, 6.07) is 90.5. The molecule has 0 aliphatic carbocycles. The number of aromatic nitrogens is 1. The molecule has 0 saturated carbocycles. The average molecular weight is 1020 g/mol. The monoisotopic (exact) mass is 1020 g/mol.